The van der Waals surface area contributed by atoms with Gasteiger partial charge in [0.05, 0.1) is 6.61 Å². The van der Waals surface area contributed by atoms with Crippen LogP contribution in [0.2, 0.25) is 0 Å². The Morgan fingerprint density at radius 3 is 3.12 bits per heavy atom. The Hall–Kier alpha value is -1.51. The van der Waals surface area contributed by atoms with Crippen molar-refractivity contribution in [2.75, 3.05) is 11.9 Å². The second kappa shape index (κ2) is 5.21. The zero-order valence-corrected chi connectivity index (χ0v) is 10.5. The van der Waals surface area contributed by atoms with Gasteiger partial charge in [0.1, 0.15) is 5.75 Å². The predicted molar refractivity (Wildman–Crippen MR) is 68.3 cm³/mol. The Morgan fingerprint density at radius 2 is 2.35 bits per heavy atom. The van der Waals surface area contributed by atoms with Gasteiger partial charge in [0.15, 0.2) is 0 Å². The van der Waals surface area contributed by atoms with Crippen LogP contribution in [0.1, 0.15) is 32.3 Å². The van der Waals surface area contributed by atoms with E-state index in [0.717, 1.165) is 37.3 Å². The van der Waals surface area contributed by atoms with E-state index in [-0.39, 0.29) is 11.8 Å². The molecule has 0 radical (unpaired) electrons. The third kappa shape index (κ3) is 2.78. The van der Waals surface area contributed by atoms with Crippen molar-refractivity contribution in [1.29, 1.82) is 0 Å². The molecule has 0 bridgehead atoms. The second-order valence-corrected chi connectivity index (χ2v) is 4.60. The Labute approximate surface area is 102 Å². The van der Waals surface area contributed by atoms with E-state index in [0.29, 0.717) is 0 Å². The lowest BCUT2D eigenvalue weighted by Crippen LogP contribution is -2.20. The fourth-order valence-electron chi connectivity index (χ4n) is 2.09. The highest BCUT2D eigenvalue weighted by Crippen LogP contribution is 2.28. The molecule has 3 heteroatoms. The molecular weight excluding hydrogens is 214 g/mol. The number of benzene rings is 1. The van der Waals surface area contributed by atoms with Gasteiger partial charge in [-0.2, -0.15) is 0 Å². The van der Waals surface area contributed by atoms with Crippen LogP contribution in [0.3, 0.4) is 0 Å². The number of rotatable bonds is 4. The monoisotopic (exact) mass is 233 g/mol. The van der Waals surface area contributed by atoms with Crippen LogP contribution >= 0.6 is 0 Å². The van der Waals surface area contributed by atoms with Crippen molar-refractivity contribution in [3.05, 3.63) is 23.8 Å². The van der Waals surface area contributed by atoms with Crippen LogP contribution in [0.5, 0.6) is 5.75 Å². The highest BCUT2D eigenvalue weighted by Gasteiger charge is 2.15. The van der Waals surface area contributed by atoms with Crippen LogP contribution in [0.25, 0.3) is 0 Å². The number of fused-ring (bicyclic) bond motifs is 1. The van der Waals surface area contributed by atoms with Gasteiger partial charge in [-0.25, -0.2) is 0 Å². The summed E-state index contributed by atoms with van der Waals surface area (Å²) in [5, 5.41) is 2.96. The standard InChI is InChI=1S/C14H19NO2/c1-3-4-10(2)14(16)15-12-5-6-13-11(9-12)7-8-17-13/h5-6,9-10H,3-4,7-8H2,1-2H3,(H,15,16). The maximum atomic E-state index is 11.9. The lowest BCUT2D eigenvalue weighted by molar-refractivity contribution is -0.119. The molecule has 1 aromatic rings. The van der Waals surface area contributed by atoms with Gasteiger partial charge in [0.25, 0.3) is 0 Å². The van der Waals surface area contributed by atoms with Crippen molar-refractivity contribution in [2.45, 2.75) is 33.1 Å². The number of anilines is 1. The maximum absolute atomic E-state index is 11.9. The normalized spacial score (nSPS) is 14.9. The molecule has 1 heterocycles. The van der Waals surface area contributed by atoms with Crippen molar-refractivity contribution in [3.8, 4) is 5.75 Å². The quantitative estimate of drug-likeness (QED) is 0.868. The van der Waals surface area contributed by atoms with E-state index in [1.807, 2.05) is 25.1 Å². The van der Waals surface area contributed by atoms with Crippen LogP contribution in [0.15, 0.2) is 18.2 Å². The Bertz CT molecular complexity index is 415. The fraction of sp³-hybridized carbons (Fsp3) is 0.500. The van der Waals surface area contributed by atoms with Gasteiger partial charge in [-0.15, -0.1) is 0 Å². The SMILES string of the molecule is CCCC(C)C(=O)Nc1ccc2c(c1)CCO2. The van der Waals surface area contributed by atoms with E-state index in [1.165, 1.54) is 5.56 Å². The average Bonchev–Trinajstić information content (AvgIpc) is 2.76. The molecule has 1 atom stereocenters. The van der Waals surface area contributed by atoms with E-state index in [1.54, 1.807) is 0 Å². The van der Waals surface area contributed by atoms with Gasteiger partial charge in [-0.3, -0.25) is 4.79 Å². The molecule has 0 aliphatic carbocycles. The van der Waals surface area contributed by atoms with Crippen LogP contribution in [-0.2, 0) is 11.2 Å². The van der Waals surface area contributed by atoms with E-state index in [4.69, 9.17) is 4.74 Å². The lowest BCUT2D eigenvalue weighted by atomic mass is 10.1. The largest absolute Gasteiger partial charge is 0.493 e. The van der Waals surface area contributed by atoms with Crippen molar-refractivity contribution in [2.24, 2.45) is 5.92 Å². The van der Waals surface area contributed by atoms with E-state index in [9.17, 15) is 4.79 Å². The Morgan fingerprint density at radius 1 is 1.53 bits per heavy atom. The highest BCUT2D eigenvalue weighted by atomic mass is 16.5. The molecule has 1 aliphatic rings. The van der Waals surface area contributed by atoms with Crippen molar-refractivity contribution in [3.63, 3.8) is 0 Å². The summed E-state index contributed by atoms with van der Waals surface area (Å²) in [5.74, 6) is 1.12. The maximum Gasteiger partial charge on any atom is 0.227 e. The van der Waals surface area contributed by atoms with E-state index >= 15 is 0 Å². The first-order chi connectivity index (χ1) is 8.20. The minimum absolute atomic E-state index is 0.0736. The van der Waals surface area contributed by atoms with Crippen LogP contribution < -0.4 is 10.1 Å². The molecule has 0 spiro atoms. The molecule has 0 aromatic heterocycles. The van der Waals surface area contributed by atoms with Crippen molar-refractivity contribution in [1.82, 2.24) is 0 Å². The first-order valence-electron chi connectivity index (χ1n) is 6.27. The Kier molecular flexibility index (Phi) is 3.67. The lowest BCUT2D eigenvalue weighted by Gasteiger charge is -2.11. The number of amides is 1. The van der Waals surface area contributed by atoms with Crippen LogP contribution in [-0.4, -0.2) is 12.5 Å². The summed E-state index contributed by atoms with van der Waals surface area (Å²) in [6.07, 6.45) is 2.90. The third-order valence-corrected chi connectivity index (χ3v) is 3.13. The second-order valence-electron chi connectivity index (χ2n) is 4.60. The first kappa shape index (κ1) is 12.0. The first-order valence-corrected chi connectivity index (χ1v) is 6.27. The summed E-state index contributed by atoms with van der Waals surface area (Å²) >= 11 is 0. The molecule has 0 saturated heterocycles. The van der Waals surface area contributed by atoms with Gasteiger partial charge < -0.3 is 10.1 Å². The molecule has 1 N–H and O–H groups in total. The summed E-state index contributed by atoms with van der Waals surface area (Å²) < 4.78 is 5.43. The molecule has 1 amide bonds. The molecule has 1 aliphatic heterocycles. The molecule has 3 nitrogen and oxygen atoms in total. The molecule has 17 heavy (non-hydrogen) atoms. The zero-order valence-electron chi connectivity index (χ0n) is 10.5. The third-order valence-electron chi connectivity index (χ3n) is 3.13. The molecule has 2 rings (SSSR count). The van der Waals surface area contributed by atoms with Crippen molar-refractivity contribution >= 4 is 11.6 Å². The molecule has 0 saturated carbocycles. The van der Waals surface area contributed by atoms with Crippen LogP contribution in [0, 0.1) is 5.92 Å². The molecule has 1 aromatic carbocycles. The summed E-state index contributed by atoms with van der Waals surface area (Å²) in [5.41, 5.74) is 2.06. The summed E-state index contributed by atoms with van der Waals surface area (Å²) in [4.78, 5) is 11.9. The number of ether oxygens (including phenoxy) is 1. The Balaban J connectivity index is 2.01. The van der Waals surface area contributed by atoms with Gasteiger partial charge in [0, 0.05) is 18.0 Å². The number of hydrogen-bond donors (Lipinski definition) is 1. The molecule has 0 fully saturated rings. The van der Waals surface area contributed by atoms with Gasteiger partial charge in [0.2, 0.25) is 5.91 Å². The van der Waals surface area contributed by atoms with E-state index in [2.05, 4.69) is 12.2 Å². The fourth-order valence-corrected chi connectivity index (χ4v) is 2.09. The average molecular weight is 233 g/mol. The minimum Gasteiger partial charge on any atom is -0.493 e. The number of carbonyl (C=O) groups excluding carboxylic acids is 1. The molecule has 1 unspecified atom stereocenters. The minimum atomic E-state index is 0.0736. The predicted octanol–water partition coefficient (Wildman–Crippen LogP) is 3.00. The van der Waals surface area contributed by atoms with Crippen LogP contribution in [0.4, 0.5) is 5.69 Å². The van der Waals surface area contributed by atoms with Gasteiger partial charge in [-0.05, 0) is 30.2 Å². The summed E-state index contributed by atoms with van der Waals surface area (Å²) in [6, 6.07) is 5.85. The van der Waals surface area contributed by atoms with E-state index < -0.39 is 0 Å². The van der Waals surface area contributed by atoms with Crippen molar-refractivity contribution < 1.29 is 9.53 Å². The molecular formula is C14H19NO2. The highest BCUT2D eigenvalue weighted by molar-refractivity contribution is 5.92. The topological polar surface area (TPSA) is 38.3 Å². The number of carbonyl (C=O) groups is 1. The number of nitrogens with one attached hydrogen (secondary N) is 1. The molecule has 92 valence electrons. The zero-order chi connectivity index (χ0) is 12.3. The van der Waals surface area contributed by atoms with Gasteiger partial charge in [-0.1, -0.05) is 20.3 Å². The summed E-state index contributed by atoms with van der Waals surface area (Å²) in [6.45, 7) is 4.81. The van der Waals surface area contributed by atoms with Gasteiger partial charge >= 0.3 is 0 Å². The number of hydrogen-bond acceptors (Lipinski definition) is 2. The smallest absolute Gasteiger partial charge is 0.227 e. The summed E-state index contributed by atoms with van der Waals surface area (Å²) in [7, 11) is 0.